The van der Waals surface area contributed by atoms with Gasteiger partial charge in [-0.25, -0.2) is 4.79 Å². The van der Waals surface area contributed by atoms with Gasteiger partial charge >= 0.3 is 17.9 Å². The van der Waals surface area contributed by atoms with Crippen LogP contribution in [0.1, 0.15) is 180 Å². The van der Waals surface area contributed by atoms with E-state index in [1.54, 1.807) is 106 Å². The van der Waals surface area contributed by atoms with Crippen LogP contribution in [0.4, 0.5) is 0 Å². The summed E-state index contributed by atoms with van der Waals surface area (Å²) in [5, 5.41) is 129. The number of aliphatic hydroxyl groups excluding tert-OH is 5. The molecule has 56 heteroatoms. The lowest BCUT2D eigenvalue weighted by atomic mass is 9.96. The summed E-state index contributed by atoms with van der Waals surface area (Å²) in [4.78, 5) is 335. The van der Waals surface area contributed by atoms with Gasteiger partial charge in [0.15, 0.2) is 0 Å². The number of carbonyl (C=O) groups excluding carboxylic acids is 22. The number of hydrogen-bond donors (Lipinski definition) is 30. The molecular formula is C94H153N23O33. The molecule has 31 N–H and O–H groups in total. The normalized spacial score (nSPS) is 16.0. The summed E-state index contributed by atoms with van der Waals surface area (Å²) in [5.41, 5.74) is 6.13. The Hall–Kier alpha value is -14.3. The number of carboxylic acid groups (broad SMARTS) is 3. The van der Waals surface area contributed by atoms with Gasteiger partial charge < -0.3 is 163 Å². The molecule has 1 aromatic rings. The van der Waals surface area contributed by atoms with Gasteiger partial charge in [0.05, 0.1) is 78.3 Å². The zero-order valence-electron chi connectivity index (χ0n) is 87.0. The number of benzene rings is 1. The zero-order chi connectivity index (χ0) is 114. The fourth-order valence-corrected chi connectivity index (χ4v) is 14.7. The fraction of sp³-hybridized carbons (Fsp3) is 0.670. The second kappa shape index (κ2) is 67.6. The van der Waals surface area contributed by atoms with Crippen molar-refractivity contribution in [2.75, 3.05) is 78.8 Å². The molecular weight excluding hydrogens is 1980 g/mol. The Kier molecular flexibility index (Phi) is 59.4. The predicted molar refractivity (Wildman–Crippen MR) is 529 cm³/mol. The Bertz CT molecular complexity index is 4780. The van der Waals surface area contributed by atoms with Crippen molar-refractivity contribution in [1.82, 2.24) is 117 Å². The molecule has 22 amide bonds. The number of aliphatic hydroxyl groups is 5. The van der Waals surface area contributed by atoms with Crippen molar-refractivity contribution in [2.45, 2.75) is 284 Å². The number of nitrogens with one attached hydrogen (secondary N) is 21. The van der Waals surface area contributed by atoms with E-state index in [1.807, 2.05) is 0 Å². The van der Waals surface area contributed by atoms with Gasteiger partial charge in [0.25, 0.3) is 0 Å². The van der Waals surface area contributed by atoms with E-state index in [1.165, 1.54) is 27.7 Å². The van der Waals surface area contributed by atoms with Gasteiger partial charge in [-0.15, -0.1) is 0 Å². The molecule has 2 rings (SSSR count). The van der Waals surface area contributed by atoms with E-state index in [4.69, 9.17) is 5.73 Å². The number of likely N-dealkylation sites (tertiary alicyclic amines) is 1. The smallest absolute Gasteiger partial charge is 0.326 e. The van der Waals surface area contributed by atoms with Gasteiger partial charge in [-0.1, -0.05) is 147 Å². The summed E-state index contributed by atoms with van der Waals surface area (Å²) >= 11 is 0. The summed E-state index contributed by atoms with van der Waals surface area (Å²) in [6, 6.07) is -18.2. The predicted octanol–water partition coefficient (Wildman–Crippen LogP) is -11.1. The van der Waals surface area contributed by atoms with Crippen molar-refractivity contribution in [3.8, 4) is 0 Å². The van der Waals surface area contributed by atoms with Gasteiger partial charge in [-0.3, -0.25) is 115 Å². The molecule has 150 heavy (non-hydrogen) atoms. The highest BCUT2D eigenvalue weighted by Gasteiger charge is 2.44. The maximum absolute atomic E-state index is 14.5. The summed E-state index contributed by atoms with van der Waals surface area (Å²) in [7, 11) is 0. The summed E-state index contributed by atoms with van der Waals surface area (Å²) in [6.45, 7) is 13.6. The molecule has 0 bridgehead atoms. The molecule has 842 valence electrons. The Morgan fingerprint density at radius 3 is 1.03 bits per heavy atom. The third-order valence-electron chi connectivity index (χ3n) is 24.0. The molecule has 0 saturated carbocycles. The minimum absolute atomic E-state index is 0.00147. The molecule has 1 fully saturated rings. The minimum atomic E-state index is -1.98. The van der Waals surface area contributed by atoms with E-state index >= 15 is 0 Å². The Balaban J connectivity index is 2.20. The van der Waals surface area contributed by atoms with E-state index in [9.17, 15) is 161 Å². The molecule has 1 saturated heterocycles. The van der Waals surface area contributed by atoms with Gasteiger partial charge in [0, 0.05) is 25.8 Å². The molecule has 0 aromatic heterocycles. The van der Waals surface area contributed by atoms with E-state index in [0.717, 1.165) is 4.90 Å². The lowest BCUT2D eigenvalue weighted by Gasteiger charge is -2.32. The molecule has 1 aliphatic heterocycles. The maximum Gasteiger partial charge on any atom is 0.326 e. The number of aliphatic carboxylic acids is 3. The van der Waals surface area contributed by atoms with Crippen LogP contribution in [-0.4, -0.2) is 375 Å². The molecule has 56 nitrogen and oxygen atoms in total. The second-order valence-electron chi connectivity index (χ2n) is 37.9. The zero-order valence-corrected chi connectivity index (χ0v) is 87.0. The van der Waals surface area contributed by atoms with Crippen molar-refractivity contribution in [1.29, 1.82) is 0 Å². The number of nitrogens with two attached hydrogens (primary N) is 1. The first-order valence-electron chi connectivity index (χ1n) is 49.4. The molecule has 1 aromatic carbocycles. The molecule has 1 heterocycles. The molecule has 1 aliphatic rings. The van der Waals surface area contributed by atoms with E-state index in [0.29, 0.717) is 5.56 Å². The first-order valence-corrected chi connectivity index (χ1v) is 49.4. The number of amides is 22. The average Bonchev–Trinajstić information content (AvgIpc) is 1.64. The largest absolute Gasteiger partial charge is 0.481 e. The molecule has 0 radical (unpaired) electrons. The highest BCUT2D eigenvalue weighted by Crippen LogP contribution is 2.23. The Morgan fingerprint density at radius 2 is 0.627 bits per heavy atom. The fourth-order valence-electron chi connectivity index (χ4n) is 14.7. The third kappa shape index (κ3) is 47.1. The van der Waals surface area contributed by atoms with Crippen LogP contribution in [0.15, 0.2) is 30.3 Å². The quantitative estimate of drug-likeness (QED) is 0.0288. The molecule has 0 spiro atoms. The number of nitrogens with zero attached hydrogens (tertiary/aromatic N) is 1. The van der Waals surface area contributed by atoms with Crippen LogP contribution in [0.25, 0.3) is 0 Å². The van der Waals surface area contributed by atoms with Crippen molar-refractivity contribution >= 4 is 148 Å². The van der Waals surface area contributed by atoms with Crippen LogP contribution in [0.5, 0.6) is 0 Å². The van der Waals surface area contributed by atoms with Gasteiger partial charge in [0.1, 0.15) is 96.7 Å². The highest BCUT2D eigenvalue weighted by atomic mass is 16.4. The Morgan fingerprint density at radius 1 is 0.320 bits per heavy atom. The summed E-state index contributed by atoms with van der Waals surface area (Å²) < 4.78 is 0. The van der Waals surface area contributed by atoms with Crippen LogP contribution >= 0.6 is 0 Å². The van der Waals surface area contributed by atoms with Gasteiger partial charge in [-0.2, -0.15) is 0 Å². The van der Waals surface area contributed by atoms with Crippen LogP contribution < -0.4 is 117 Å². The maximum atomic E-state index is 14.5. The first-order chi connectivity index (χ1) is 70.5. The topological polar surface area (TPSA) is 870 Å². The van der Waals surface area contributed by atoms with E-state index in [-0.39, 0.29) is 63.8 Å². The molecule has 0 unspecified atom stereocenters. The van der Waals surface area contributed by atoms with E-state index in [2.05, 4.69) is 112 Å². The summed E-state index contributed by atoms with van der Waals surface area (Å²) in [6.07, 6.45) is -2.49. The lowest BCUT2D eigenvalue weighted by molar-refractivity contribution is -0.143. The van der Waals surface area contributed by atoms with Crippen LogP contribution in [0, 0.1) is 41.4 Å². The molecule has 20 atom stereocenters. The number of carboxylic acids is 3. The van der Waals surface area contributed by atoms with Crippen molar-refractivity contribution in [3.63, 3.8) is 0 Å². The van der Waals surface area contributed by atoms with Crippen LogP contribution in [0.3, 0.4) is 0 Å². The number of rotatable bonds is 69. The highest BCUT2D eigenvalue weighted by molar-refractivity contribution is 6.02. The van der Waals surface area contributed by atoms with Gasteiger partial charge in [0.2, 0.25) is 130 Å². The van der Waals surface area contributed by atoms with Gasteiger partial charge in [-0.05, 0) is 92.4 Å². The number of carbonyl (C=O) groups is 25. The van der Waals surface area contributed by atoms with Crippen molar-refractivity contribution in [3.05, 3.63) is 35.9 Å². The minimum Gasteiger partial charge on any atom is -0.481 e. The van der Waals surface area contributed by atoms with Crippen molar-refractivity contribution < 1.29 is 161 Å². The number of hydrogen-bond acceptors (Lipinski definition) is 31. The standard InChI is InChI=1S/C94H153N23O33/c1-16-49(12)75(90(145)110-60(41-119)82(137)100-36-67(125)103-58(94(149)150)32-46(6)7)113-70(128)39-99-80(135)57(33-53-23-20-19-21-24-53)102-66(124)35-96-65(123)34-97-81(136)59(40-118)108-86(141)63(44-122)111-92(147)77(51(14)18-3)116-88(143)64-25-22-30-117(64)93(148)74(48(10)11)112-69(127)38-98-79(134)54(26-28-71(129)130)105-83(138)55(27-29-72(131)132)106-85(140)62(43-121)109-84(139)56(31-45(4)5)107-91(146)76(50(13)17-2)115-87(142)61(42-120)104-68(126)37-101-89(144)73(47(8)9)114-78(133)52(15)95/h19-21,23-24,45-52,54-64,73-77,118-122H,16-18,22,25-44,95H2,1-15H3,(H,96,123)(H,97,136)(H,98,134)(H,99,135)(H,100,137)(H,101,144)(H,102,124)(H,103,125)(H,104,126)(H,105,138)(H,106,140)(H,107,146)(H,108,141)(H,109,139)(H,110,145)(H,111,147)(H,112,127)(H,113,128)(H,114,133)(H,115,142)(H,116,143)(H,129,130)(H,131,132)(H,149,150)/t49-,50-,51-,52-,54-,55-,56-,57-,58-,59-,60-,61-,62-,63-,64-,73-,74-,75-,76-,77-/m0/s1. The third-order valence-corrected chi connectivity index (χ3v) is 24.0. The first kappa shape index (κ1) is 132. The van der Waals surface area contributed by atoms with Crippen LogP contribution in [0.2, 0.25) is 0 Å². The SMILES string of the molecule is CC[C@H](C)[C@H](NC(=O)CNC(=O)[C@H](Cc1ccccc1)NC(=O)CNC(=O)CNC(=O)[C@H](CO)NC(=O)[C@H](CO)NC(=O)[C@@H](NC(=O)[C@@H]1CCCN1C(=O)[C@@H](NC(=O)CNC(=O)[C@H](CCC(=O)O)NC(=O)[C@H](CCC(=O)O)NC(=O)[C@H](CO)NC(=O)[C@H](CC(C)C)NC(=O)[C@@H](NC(=O)[C@H](CO)NC(=O)CNC(=O)[C@@H](NC(=O)[C@H](C)N)C(C)C)[C@@H](C)CC)C(C)C)[C@@H](C)CC)C(=O)N[C@@H](CO)C(=O)NCC(=O)N[C@@H](CC(C)C)C(=O)O. The lowest BCUT2D eigenvalue weighted by Crippen LogP contribution is -2.61. The second-order valence-corrected chi connectivity index (χ2v) is 37.9. The van der Waals surface area contributed by atoms with Crippen molar-refractivity contribution in [2.24, 2.45) is 47.2 Å². The van der Waals surface area contributed by atoms with E-state index < -0.39 is 384 Å². The Labute approximate surface area is 867 Å². The summed E-state index contributed by atoms with van der Waals surface area (Å²) in [5.74, 6) is -30.6. The van der Waals surface area contributed by atoms with Crippen LogP contribution in [-0.2, 0) is 126 Å². The average molecular weight is 2130 g/mol. The monoisotopic (exact) mass is 2130 g/mol. The molecule has 0 aliphatic carbocycles.